The second-order valence-corrected chi connectivity index (χ2v) is 6.97. The number of nitrogens with one attached hydrogen (secondary N) is 1. The molecular formula is C15H32IN3OS. The summed E-state index contributed by atoms with van der Waals surface area (Å²) in [7, 11) is 3.65. The molecule has 0 spiro atoms. The normalized spacial score (nSPS) is 19.6. The van der Waals surface area contributed by atoms with E-state index in [9.17, 15) is 0 Å². The molecule has 1 saturated heterocycles. The van der Waals surface area contributed by atoms with Gasteiger partial charge in [-0.25, -0.2) is 0 Å². The molecule has 0 aliphatic carbocycles. The van der Waals surface area contributed by atoms with Gasteiger partial charge in [-0.2, -0.15) is 11.8 Å². The van der Waals surface area contributed by atoms with Crippen LogP contribution in [0.15, 0.2) is 4.99 Å². The first kappa shape index (κ1) is 21.3. The molecule has 21 heavy (non-hydrogen) atoms. The van der Waals surface area contributed by atoms with Gasteiger partial charge in [0.25, 0.3) is 0 Å². The SMILES string of the molecule is CN=C(NCCCCCOC)N1CCSC(C(C)C)C1.I. The number of halogens is 1. The van der Waals surface area contributed by atoms with Gasteiger partial charge in [0.05, 0.1) is 0 Å². The molecule has 0 saturated carbocycles. The number of hydrogen-bond acceptors (Lipinski definition) is 3. The Morgan fingerprint density at radius 3 is 2.76 bits per heavy atom. The van der Waals surface area contributed by atoms with Gasteiger partial charge in [0.15, 0.2) is 5.96 Å². The van der Waals surface area contributed by atoms with Crippen LogP contribution in [0.3, 0.4) is 0 Å². The van der Waals surface area contributed by atoms with E-state index in [0.717, 1.165) is 49.8 Å². The number of hydrogen-bond donors (Lipinski definition) is 1. The third-order valence-corrected chi connectivity index (χ3v) is 5.20. The number of ether oxygens (including phenoxy) is 1. The zero-order valence-electron chi connectivity index (χ0n) is 13.9. The van der Waals surface area contributed by atoms with Gasteiger partial charge in [0.2, 0.25) is 0 Å². The molecule has 1 heterocycles. The summed E-state index contributed by atoms with van der Waals surface area (Å²) in [4.78, 5) is 6.85. The van der Waals surface area contributed by atoms with E-state index in [2.05, 4.69) is 40.8 Å². The van der Waals surface area contributed by atoms with Crippen LogP contribution in [0.2, 0.25) is 0 Å². The minimum atomic E-state index is 0. The van der Waals surface area contributed by atoms with Crippen molar-refractivity contribution in [1.29, 1.82) is 0 Å². The molecule has 0 radical (unpaired) electrons. The van der Waals surface area contributed by atoms with E-state index >= 15 is 0 Å². The van der Waals surface area contributed by atoms with Crippen molar-refractivity contribution in [3.63, 3.8) is 0 Å². The molecule has 1 fully saturated rings. The Hall–Kier alpha value is 0.310. The lowest BCUT2D eigenvalue weighted by molar-refractivity contribution is 0.192. The van der Waals surface area contributed by atoms with Crippen LogP contribution < -0.4 is 5.32 Å². The first-order chi connectivity index (χ1) is 9.69. The predicted molar refractivity (Wildman–Crippen MR) is 105 cm³/mol. The van der Waals surface area contributed by atoms with Crippen LogP contribution in [0.1, 0.15) is 33.1 Å². The summed E-state index contributed by atoms with van der Waals surface area (Å²) in [6, 6.07) is 0. The van der Waals surface area contributed by atoms with Crippen molar-refractivity contribution in [3.8, 4) is 0 Å². The van der Waals surface area contributed by atoms with Crippen LogP contribution in [0.25, 0.3) is 0 Å². The molecule has 1 aliphatic heterocycles. The molecule has 0 bridgehead atoms. The van der Waals surface area contributed by atoms with Crippen LogP contribution in [0.5, 0.6) is 0 Å². The molecule has 1 unspecified atom stereocenters. The van der Waals surface area contributed by atoms with Gasteiger partial charge in [-0.05, 0) is 25.2 Å². The molecule has 0 amide bonds. The zero-order valence-corrected chi connectivity index (χ0v) is 17.1. The van der Waals surface area contributed by atoms with E-state index in [-0.39, 0.29) is 24.0 Å². The first-order valence-electron chi connectivity index (χ1n) is 7.75. The molecule has 0 aromatic heterocycles. The largest absolute Gasteiger partial charge is 0.385 e. The third-order valence-electron chi connectivity index (χ3n) is 3.66. The van der Waals surface area contributed by atoms with Gasteiger partial charge < -0.3 is 15.0 Å². The van der Waals surface area contributed by atoms with Crippen molar-refractivity contribution in [1.82, 2.24) is 10.2 Å². The van der Waals surface area contributed by atoms with Crippen LogP contribution in [-0.2, 0) is 4.74 Å². The van der Waals surface area contributed by atoms with Crippen LogP contribution >= 0.6 is 35.7 Å². The Bertz CT molecular complexity index is 290. The summed E-state index contributed by atoms with van der Waals surface area (Å²) in [5.41, 5.74) is 0. The molecule has 1 aliphatic rings. The quantitative estimate of drug-likeness (QED) is 0.292. The topological polar surface area (TPSA) is 36.9 Å². The van der Waals surface area contributed by atoms with Crippen LogP contribution in [-0.4, -0.2) is 62.3 Å². The van der Waals surface area contributed by atoms with Crippen molar-refractivity contribution in [2.24, 2.45) is 10.9 Å². The lowest BCUT2D eigenvalue weighted by Crippen LogP contribution is -2.49. The number of unbranched alkanes of at least 4 members (excludes halogenated alkanes) is 2. The van der Waals surface area contributed by atoms with Crippen molar-refractivity contribution in [3.05, 3.63) is 0 Å². The molecule has 1 atom stereocenters. The summed E-state index contributed by atoms with van der Waals surface area (Å²) >= 11 is 2.10. The standard InChI is InChI=1S/C15H31N3OS.HI/c1-13(2)14-12-18(9-11-20-14)15(16-3)17-8-6-5-7-10-19-4;/h13-14H,5-12H2,1-4H3,(H,16,17);1H. The van der Waals surface area contributed by atoms with Gasteiger partial charge in [0.1, 0.15) is 0 Å². The lowest BCUT2D eigenvalue weighted by Gasteiger charge is -2.36. The summed E-state index contributed by atoms with van der Waals surface area (Å²) in [6.45, 7) is 8.73. The highest BCUT2D eigenvalue weighted by atomic mass is 127. The Morgan fingerprint density at radius 1 is 1.38 bits per heavy atom. The van der Waals surface area contributed by atoms with E-state index in [4.69, 9.17) is 4.74 Å². The van der Waals surface area contributed by atoms with Crippen molar-refractivity contribution in [2.75, 3.05) is 46.2 Å². The molecule has 1 rings (SSSR count). The van der Waals surface area contributed by atoms with Crippen molar-refractivity contribution < 1.29 is 4.74 Å². The Morgan fingerprint density at radius 2 is 2.14 bits per heavy atom. The number of guanidine groups is 1. The highest BCUT2D eigenvalue weighted by molar-refractivity contribution is 14.0. The third kappa shape index (κ3) is 8.50. The molecule has 126 valence electrons. The van der Waals surface area contributed by atoms with Crippen LogP contribution in [0.4, 0.5) is 0 Å². The van der Waals surface area contributed by atoms with E-state index in [1.54, 1.807) is 7.11 Å². The highest BCUT2D eigenvalue weighted by Crippen LogP contribution is 2.24. The summed E-state index contributed by atoms with van der Waals surface area (Å²) in [5, 5.41) is 4.23. The molecule has 4 nitrogen and oxygen atoms in total. The summed E-state index contributed by atoms with van der Waals surface area (Å²) < 4.78 is 5.07. The Labute approximate surface area is 151 Å². The predicted octanol–water partition coefficient (Wildman–Crippen LogP) is 3.07. The Balaban J connectivity index is 0.00000400. The second kappa shape index (κ2) is 12.8. The smallest absolute Gasteiger partial charge is 0.193 e. The highest BCUT2D eigenvalue weighted by Gasteiger charge is 2.24. The number of aliphatic imine (C=N–C) groups is 1. The van der Waals surface area contributed by atoms with E-state index < -0.39 is 0 Å². The van der Waals surface area contributed by atoms with E-state index in [1.165, 1.54) is 18.6 Å². The minimum absolute atomic E-state index is 0. The average molecular weight is 429 g/mol. The Kier molecular flexibility index (Phi) is 13.0. The van der Waals surface area contributed by atoms with E-state index in [1.807, 2.05) is 7.05 Å². The monoisotopic (exact) mass is 429 g/mol. The molecule has 6 heteroatoms. The number of nitrogens with zero attached hydrogens (tertiary/aromatic N) is 2. The molecular weight excluding hydrogens is 397 g/mol. The number of methoxy groups -OCH3 is 1. The van der Waals surface area contributed by atoms with Crippen molar-refractivity contribution >= 4 is 41.7 Å². The van der Waals surface area contributed by atoms with Gasteiger partial charge in [-0.1, -0.05) is 13.8 Å². The molecule has 0 aromatic carbocycles. The number of thioether (sulfide) groups is 1. The zero-order chi connectivity index (χ0) is 14.8. The van der Waals surface area contributed by atoms with Crippen molar-refractivity contribution in [2.45, 2.75) is 38.4 Å². The van der Waals surface area contributed by atoms with Gasteiger partial charge in [-0.15, -0.1) is 24.0 Å². The molecule has 1 N–H and O–H groups in total. The second-order valence-electron chi connectivity index (χ2n) is 5.63. The average Bonchev–Trinajstić information content (AvgIpc) is 2.46. The fourth-order valence-corrected chi connectivity index (χ4v) is 3.65. The summed E-state index contributed by atoms with van der Waals surface area (Å²) in [5.74, 6) is 3.01. The maximum absolute atomic E-state index is 5.07. The van der Waals surface area contributed by atoms with Crippen LogP contribution in [0, 0.1) is 5.92 Å². The number of rotatable bonds is 7. The first-order valence-corrected chi connectivity index (χ1v) is 8.80. The fraction of sp³-hybridized carbons (Fsp3) is 0.933. The fourth-order valence-electron chi connectivity index (χ4n) is 2.35. The lowest BCUT2D eigenvalue weighted by atomic mass is 10.1. The summed E-state index contributed by atoms with van der Waals surface area (Å²) in [6.07, 6.45) is 3.54. The van der Waals surface area contributed by atoms with Gasteiger partial charge in [-0.3, -0.25) is 4.99 Å². The molecule has 0 aromatic rings. The van der Waals surface area contributed by atoms with Gasteiger partial charge >= 0.3 is 0 Å². The van der Waals surface area contributed by atoms with E-state index in [0.29, 0.717) is 0 Å². The minimum Gasteiger partial charge on any atom is -0.385 e. The van der Waals surface area contributed by atoms with Gasteiger partial charge in [0, 0.05) is 51.4 Å². The maximum atomic E-state index is 5.07. The maximum Gasteiger partial charge on any atom is 0.193 e.